The van der Waals surface area contributed by atoms with Crippen molar-refractivity contribution in [2.45, 2.75) is 52.0 Å². The highest BCUT2D eigenvalue weighted by Crippen LogP contribution is 2.34. The lowest BCUT2D eigenvalue weighted by Gasteiger charge is -2.36. The van der Waals surface area contributed by atoms with Crippen LogP contribution in [-0.2, 0) is 21.4 Å². The van der Waals surface area contributed by atoms with Crippen molar-refractivity contribution in [3.63, 3.8) is 0 Å². The Balaban J connectivity index is 1.94. The quantitative estimate of drug-likeness (QED) is 0.798. The number of nitrogens with zero attached hydrogens (tertiary/aromatic N) is 1. The normalized spacial score (nSPS) is 16.1. The topological polar surface area (TPSA) is 58.6 Å². The Morgan fingerprint density at radius 3 is 2.53 bits per heavy atom. The van der Waals surface area contributed by atoms with Gasteiger partial charge >= 0.3 is 0 Å². The lowest BCUT2D eigenvalue weighted by atomic mass is 9.86. The minimum atomic E-state index is -0.766. The highest BCUT2D eigenvalue weighted by Gasteiger charge is 2.35. The molecule has 160 valence electrons. The van der Waals surface area contributed by atoms with Crippen molar-refractivity contribution in [2.24, 2.45) is 0 Å². The number of rotatable bonds is 4. The summed E-state index contributed by atoms with van der Waals surface area (Å²) in [7, 11) is 1.59. The third kappa shape index (κ3) is 4.32. The van der Waals surface area contributed by atoms with E-state index in [1.807, 2.05) is 32.9 Å². The van der Waals surface area contributed by atoms with Gasteiger partial charge in [-0.05, 0) is 52.8 Å². The number of anilines is 1. The number of benzene rings is 2. The second-order valence-corrected chi connectivity index (χ2v) is 8.59. The Labute approximate surface area is 177 Å². The lowest BCUT2D eigenvalue weighted by Crippen LogP contribution is -2.45. The van der Waals surface area contributed by atoms with Crippen LogP contribution in [0.3, 0.4) is 0 Å². The van der Waals surface area contributed by atoms with E-state index in [2.05, 4.69) is 5.32 Å². The van der Waals surface area contributed by atoms with Gasteiger partial charge < -0.3 is 15.0 Å². The third-order valence-corrected chi connectivity index (χ3v) is 5.49. The molecule has 0 bridgehead atoms. The van der Waals surface area contributed by atoms with Crippen LogP contribution in [0.5, 0.6) is 5.75 Å². The van der Waals surface area contributed by atoms with Gasteiger partial charge in [0.15, 0.2) is 0 Å². The average molecular weight is 413 g/mol. The van der Waals surface area contributed by atoms with Gasteiger partial charge in [-0.3, -0.25) is 9.59 Å². The number of methoxy groups -OCH3 is 1. The van der Waals surface area contributed by atoms with E-state index in [1.165, 1.54) is 6.07 Å². The first-order valence-corrected chi connectivity index (χ1v) is 10.2. The summed E-state index contributed by atoms with van der Waals surface area (Å²) in [6, 6.07) is 9.49. The van der Waals surface area contributed by atoms with E-state index in [4.69, 9.17) is 4.74 Å². The highest BCUT2D eigenvalue weighted by atomic mass is 19.1. The van der Waals surface area contributed by atoms with E-state index < -0.39 is 6.04 Å². The van der Waals surface area contributed by atoms with Crippen LogP contribution < -0.4 is 10.1 Å². The molecule has 1 atom stereocenters. The maximum Gasteiger partial charge on any atom is 0.251 e. The molecule has 1 N–H and O–H groups in total. The number of amides is 2. The molecule has 0 radical (unpaired) electrons. The number of carbonyl (C=O) groups excluding carboxylic acids is 2. The van der Waals surface area contributed by atoms with E-state index >= 15 is 0 Å². The maximum atomic E-state index is 14.6. The first-order chi connectivity index (χ1) is 14.2. The summed E-state index contributed by atoms with van der Waals surface area (Å²) in [6.45, 7) is 8.03. The molecule has 0 spiro atoms. The number of halogens is 1. The molecule has 0 aromatic heterocycles. The lowest BCUT2D eigenvalue weighted by molar-refractivity contribution is -0.139. The zero-order valence-corrected chi connectivity index (χ0v) is 18.2. The van der Waals surface area contributed by atoms with Gasteiger partial charge in [0.2, 0.25) is 5.91 Å². The van der Waals surface area contributed by atoms with E-state index in [-0.39, 0.29) is 23.0 Å². The smallest absolute Gasteiger partial charge is 0.251 e. The van der Waals surface area contributed by atoms with E-state index in [0.29, 0.717) is 36.4 Å². The summed E-state index contributed by atoms with van der Waals surface area (Å²) in [5.41, 5.74) is 2.36. The molecule has 0 aliphatic carbocycles. The monoisotopic (exact) mass is 412 g/mol. The van der Waals surface area contributed by atoms with Gasteiger partial charge in [0, 0.05) is 18.7 Å². The first-order valence-electron chi connectivity index (χ1n) is 10.2. The summed E-state index contributed by atoms with van der Waals surface area (Å²) in [4.78, 5) is 27.4. The molecular weight excluding hydrogens is 383 g/mol. The van der Waals surface area contributed by atoms with Crippen LogP contribution in [0.25, 0.3) is 0 Å². The van der Waals surface area contributed by atoms with Crippen molar-refractivity contribution in [2.75, 3.05) is 19.0 Å². The minimum absolute atomic E-state index is 0.0918. The fraction of sp³-hybridized carbons (Fsp3) is 0.417. The van der Waals surface area contributed by atoms with Crippen molar-refractivity contribution in [3.8, 4) is 5.75 Å². The van der Waals surface area contributed by atoms with Crippen LogP contribution in [-0.4, -0.2) is 30.4 Å². The van der Waals surface area contributed by atoms with Gasteiger partial charge in [0.1, 0.15) is 17.6 Å². The standard InChI is InChI=1S/C24H29FN2O3/c1-6-21(28)27-12-11-15-13-17(30-5)8-9-18(15)22(27)23(29)26-16-7-10-19(20(25)14-16)24(2,3)4/h7-10,13-14,22H,6,11-12H2,1-5H3,(H,26,29)/t22-/m1/s1. The third-order valence-electron chi connectivity index (χ3n) is 5.49. The molecule has 0 unspecified atom stereocenters. The Morgan fingerprint density at radius 2 is 1.93 bits per heavy atom. The molecule has 5 nitrogen and oxygen atoms in total. The summed E-state index contributed by atoms with van der Waals surface area (Å²) >= 11 is 0. The molecule has 1 aliphatic heterocycles. The second-order valence-electron chi connectivity index (χ2n) is 8.59. The predicted octanol–water partition coefficient (Wildman–Crippen LogP) is 4.61. The van der Waals surface area contributed by atoms with Crippen LogP contribution in [0.2, 0.25) is 0 Å². The number of hydrogen-bond acceptors (Lipinski definition) is 3. The molecule has 0 saturated carbocycles. The number of fused-ring (bicyclic) bond motifs is 1. The van der Waals surface area contributed by atoms with Crippen molar-refractivity contribution >= 4 is 17.5 Å². The van der Waals surface area contributed by atoms with E-state index in [1.54, 1.807) is 37.1 Å². The van der Waals surface area contributed by atoms with Gasteiger partial charge in [0.25, 0.3) is 5.91 Å². The maximum absolute atomic E-state index is 14.6. The van der Waals surface area contributed by atoms with Gasteiger partial charge in [0.05, 0.1) is 7.11 Å². The largest absolute Gasteiger partial charge is 0.497 e. The fourth-order valence-electron chi connectivity index (χ4n) is 3.90. The summed E-state index contributed by atoms with van der Waals surface area (Å²) in [6.07, 6.45) is 0.959. The van der Waals surface area contributed by atoms with Crippen molar-refractivity contribution in [1.29, 1.82) is 0 Å². The van der Waals surface area contributed by atoms with E-state index in [9.17, 15) is 14.0 Å². The van der Waals surface area contributed by atoms with Crippen LogP contribution in [0.4, 0.5) is 10.1 Å². The molecular formula is C24H29FN2O3. The van der Waals surface area contributed by atoms with Gasteiger partial charge in [-0.25, -0.2) is 4.39 Å². The summed E-state index contributed by atoms with van der Waals surface area (Å²) in [5.74, 6) is -0.102. The molecule has 6 heteroatoms. The average Bonchev–Trinajstić information content (AvgIpc) is 2.70. The van der Waals surface area contributed by atoms with Gasteiger partial charge in [-0.15, -0.1) is 0 Å². The Morgan fingerprint density at radius 1 is 1.20 bits per heavy atom. The zero-order valence-electron chi connectivity index (χ0n) is 18.2. The van der Waals surface area contributed by atoms with Crippen LogP contribution >= 0.6 is 0 Å². The summed E-state index contributed by atoms with van der Waals surface area (Å²) in [5, 5.41) is 2.81. The van der Waals surface area contributed by atoms with Crippen LogP contribution in [0.1, 0.15) is 56.8 Å². The molecule has 1 heterocycles. The molecule has 0 fully saturated rings. The van der Waals surface area contributed by atoms with Crippen LogP contribution in [0.15, 0.2) is 36.4 Å². The minimum Gasteiger partial charge on any atom is -0.497 e. The number of nitrogens with one attached hydrogen (secondary N) is 1. The first kappa shape index (κ1) is 21.8. The molecule has 2 aromatic rings. The molecule has 3 rings (SSSR count). The molecule has 2 amide bonds. The fourth-order valence-corrected chi connectivity index (χ4v) is 3.90. The van der Waals surface area contributed by atoms with Gasteiger partial charge in [-0.2, -0.15) is 0 Å². The Kier molecular flexibility index (Phi) is 6.15. The molecule has 30 heavy (non-hydrogen) atoms. The number of ether oxygens (including phenoxy) is 1. The number of hydrogen-bond donors (Lipinski definition) is 1. The molecule has 2 aromatic carbocycles. The van der Waals surface area contributed by atoms with Crippen molar-refractivity contribution in [3.05, 3.63) is 58.9 Å². The van der Waals surface area contributed by atoms with Gasteiger partial charge in [-0.1, -0.05) is 39.8 Å². The second kappa shape index (κ2) is 8.46. The SMILES string of the molecule is CCC(=O)N1CCc2cc(OC)ccc2[C@@H]1C(=O)Nc1ccc(C(C)(C)C)c(F)c1. The van der Waals surface area contributed by atoms with Crippen molar-refractivity contribution < 1.29 is 18.7 Å². The zero-order chi connectivity index (χ0) is 22.1. The highest BCUT2D eigenvalue weighted by molar-refractivity contribution is 5.98. The predicted molar refractivity (Wildman–Crippen MR) is 115 cm³/mol. The molecule has 0 saturated heterocycles. The Bertz CT molecular complexity index is 965. The summed E-state index contributed by atoms with van der Waals surface area (Å²) < 4.78 is 19.9. The van der Waals surface area contributed by atoms with Crippen LogP contribution in [0, 0.1) is 5.82 Å². The number of carbonyl (C=O) groups is 2. The molecule has 1 aliphatic rings. The Hall–Kier alpha value is -2.89. The van der Waals surface area contributed by atoms with E-state index in [0.717, 1.165) is 11.1 Å². The van der Waals surface area contributed by atoms with Crippen molar-refractivity contribution in [1.82, 2.24) is 4.90 Å².